The smallest absolute Gasteiger partial charge is 0.174 e. The summed E-state index contributed by atoms with van der Waals surface area (Å²) in [4.78, 5) is 1.51. The summed E-state index contributed by atoms with van der Waals surface area (Å²) >= 11 is 0. The van der Waals surface area contributed by atoms with E-state index in [2.05, 4.69) is 36.0 Å². The number of aromatic amines is 1. The summed E-state index contributed by atoms with van der Waals surface area (Å²) in [6, 6.07) is 0. The molecule has 0 fully saturated rings. The molecule has 0 saturated carbocycles. The van der Waals surface area contributed by atoms with E-state index in [-0.39, 0.29) is 0 Å². The minimum Gasteiger partial charge on any atom is -0.177 e. The van der Waals surface area contributed by atoms with Gasteiger partial charge < -0.3 is 0 Å². The molecule has 8 nitrogen and oxygen atoms in total. The van der Waals surface area contributed by atoms with E-state index < -0.39 is 0 Å². The van der Waals surface area contributed by atoms with Crippen LogP contribution >= 0.6 is 0 Å². The van der Waals surface area contributed by atoms with Gasteiger partial charge in [0.25, 0.3) is 0 Å². The van der Waals surface area contributed by atoms with Crippen molar-refractivity contribution in [3.63, 3.8) is 0 Å². The first-order chi connectivity index (χ1) is 6.86. The highest BCUT2D eigenvalue weighted by Crippen LogP contribution is 1.79. The molecule has 0 aliphatic carbocycles. The van der Waals surface area contributed by atoms with E-state index in [1.54, 1.807) is 0 Å². The van der Waals surface area contributed by atoms with Crippen molar-refractivity contribution >= 4 is 0 Å². The molecule has 0 aromatic carbocycles. The number of aromatic nitrogens is 8. The second-order valence-electron chi connectivity index (χ2n) is 2.31. The third-order valence-corrected chi connectivity index (χ3v) is 1.38. The predicted molar refractivity (Wildman–Crippen MR) is 47.0 cm³/mol. The van der Waals surface area contributed by atoms with Crippen LogP contribution in [0.25, 0.3) is 0 Å². The van der Waals surface area contributed by atoms with Gasteiger partial charge in [0.15, 0.2) is 12.2 Å². The van der Waals surface area contributed by atoms with Crippen LogP contribution in [0.15, 0.2) is 6.33 Å². The number of tetrazole rings is 2. The van der Waals surface area contributed by atoms with E-state index in [4.69, 9.17) is 0 Å². The van der Waals surface area contributed by atoms with Crippen LogP contribution in [0.4, 0.5) is 0 Å². The lowest BCUT2D eigenvalue weighted by Crippen LogP contribution is -1.97. The van der Waals surface area contributed by atoms with Crippen molar-refractivity contribution in [1.29, 1.82) is 0 Å². The Labute approximate surface area is 80.7 Å². The molecule has 0 saturated heterocycles. The van der Waals surface area contributed by atoms with Gasteiger partial charge in [-0.05, 0) is 12.1 Å². The fourth-order valence-corrected chi connectivity index (χ4v) is 0.666. The summed E-state index contributed by atoms with van der Waals surface area (Å²) in [7, 11) is 0. The van der Waals surface area contributed by atoms with E-state index in [9.17, 15) is 0 Å². The van der Waals surface area contributed by atoms with Gasteiger partial charge in [0.1, 0.15) is 0 Å². The summed E-state index contributed by atoms with van der Waals surface area (Å²) in [5.74, 6) is 0.764. The number of hydrogen-bond acceptors (Lipinski definition) is 6. The summed E-state index contributed by atoms with van der Waals surface area (Å²) in [6.07, 6.45) is 2.26. The summed E-state index contributed by atoms with van der Waals surface area (Å²) < 4.78 is 0. The summed E-state index contributed by atoms with van der Waals surface area (Å²) in [5, 5.41) is 23.9. The van der Waals surface area contributed by atoms with Gasteiger partial charge in [-0.2, -0.15) is 10.0 Å². The minimum atomic E-state index is 0.764. The monoisotopic (exact) mass is 196 g/mol. The van der Waals surface area contributed by atoms with E-state index in [1.807, 2.05) is 13.8 Å². The second kappa shape index (κ2) is 5.73. The van der Waals surface area contributed by atoms with Crippen LogP contribution in [0.5, 0.6) is 0 Å². The van der Waals surface area contributed by atoms with E-state index >= 15 is 0 Å². The maximum atomic E-state index is 3.73. The molecule has 0 atom stereocenters. The molecule has 1 N–H and O–H groups in total. The Morgan fingerprint density at radius 3 is 2.57 bits per heavy atom. The first kappa shape index (κ1) is 10.2. The number of nitrogens with one attached hydrogen (secondary N) is 1. The van der Waals surface area contributed by atoms with Crippen molar-refractivity contribution in [2.45, 2.75) is 26.8 Å². The summed E-state index contributed by atoms with van der Waals surface area (Å²) in [6.45, 7) is 4.73. The van der Waals surface area contributed by atoms with Crippen LogP contribution in [0.2, 0.25) is 0 Å². The van der Waals surface area contributed by atoms with Gasteiger partial charge >= 0.3 is 0 Å². The highest BCUT2D eigenvalue weighted by molar-refractivity contribution is 4.71. The molecular formula is C6H12N8. The Kier molecular flexibility index (Phi) is 4.18. The van der Waals surface area contributed by atoms with Gasteiger partial charge in [0.05, 0.1) is 6.54 Å². The normalized spacial score (nSPS) is 9.29. The lowest BCUT2D eigenvalue weighted by Gasteiger charge is -1.82. The molecule has 14 heavy (non-hydrogen) atoms. The average molecular weight is 196 g/mol. The van der Waals surface area contributed by atoms with Crippen LogP contribution < -0.4 is 0 Å². The second-order valence-corrected chi connectivity index (χ2v) is 2.31. The molecule has 0 unspecified atom stereocenters. The largest absolute Gasteiger partial charge is 0.177 e. The fraction of sp³-hybridized carbons (Fsp3) is 0.667. The van der Waals surface area contributed by atoms with Gasteiger partial charge in [0.2, 0.25) is 0 Å². The molecule has 0 amide bonds. The Morgan fingerprint density at radius 2 is 2.29 bits per heavy atom. The number of H-pyrrole nitrogens is 1. The Balaban J connectivity index is 0.000000140. The molecule has 8 heteroatoms. The van der Waals surface area contributed by atoms with Gasteiger partial charge in [-0.3, -0.25) is 0 Å². The first-order valence-electron chi connectivity index (χ1n) is 4.29. The van der Waals surface area contributed by atoms with Gasteiger partial charge in [-0.25, -0.2) is 0 Å². The molecule has 0 bridgehead atoms. The Bertz CT molecular complexity index is 277. The van der Waals surface area contributed by atoms with Gasteiger partial charge in [0, 0.05) is 6.42 Å². The van der Waals surface area contributed by atoms with Crippen LogP contribution in [0, 0.1) is 0 Å². The van der Waals surface area contributed by atoms with Crippen molar-refractivity contribution in [3.05, 3.63) is 12.2 Å². The Morgan fingerprint density at radius 1 is 1.43 bits per heavy atom. The molecule has 76 valence electrons. The van der Waals surface area contributed by atoms with E-state index in [1.165, 1.54) is 11.1 Å². The van der Waals surface area contributed by atoms with Crippen molar-refractivity contribution in [2.75, 3.05) is 0 Å². The third-order valence-electron chi connectivity index (χ3n) is 1.38. The highest BCUT2D eigenvalue weighted by atomic mass is 15.6. The van der Waals surface area contributed by atoms with Crippen molar-refractivity contribution in [2.24, 2.45) is 0 Å². The zero-order valence-corrected chi connectivity index (χ0v) is 8.12. The molecule has 0 aliphatic rings. The Hall–Kier alpha value is -1.86. The number of rotatable bonds is 2. The zero-order chi connectivity index (χ0) is 10.2. The van der Waals surface area contributed by atoms with Gasteiger partial charge in [-0.15, -0.1) is 20.4 Å². The van der Waals surface area contributed by atoms with E-state index in [0.717, 1.165) is 18.8 Å². The highest BCUT2D eigenvalue weighted by Gasteiger charge is 1.87. The van der Waals surface area contributed by atoms with Crippen LogP contribution in [0.1, 0.15) is 19.7 Å². The van der Waals surface area contributed by atoms with Gasteiger partial charge in [-0.1, -0.05) is 12.1 Å². The van der Waals surface area contributed by atoms with Crippen LogP contribution in [-0.2, 0) is 13.0 Å². The minimum absolute atomic E-state index is 0.764. The van der Waals surface area contributed by atoms with E-state index in [0.29, 0.717) is 0 Å². The molecule has 0 radical (unpaired) electrons. The molecular weight excluding hydrogens is 184 g/mol. The van der Waals surface area contributed by atoms with Crippen molar-refractivity contribution in [3.8, 4) is 0 Å². The molecule has 2 aromatic rings. The van der Waals surface area contributed by atoms with Crippen LogP contribution in [0.3, 0.4) is 0 Å². The molecule has 2 rings (SSSR count). The topological polar surface area (TPSA) is 98.1 Å². The lowest BCUT2D eigenvalue weighted by atomic mass is 10.5. The number of nitrogens with zero attached hydrogens (tertiary/aromatic N) is 7. The lowest BCUT2D eigenvalue weighted by molar-refractivity contribution is 0.552. The summed E-state index contributed by atoms with van der Waals surface area (Å²) in [5.41, 5.74) is 0. The fourth-order valence-electron chi connectivity index (χ4n) is 0.666. The molecule has 0 spiro atoms. The predicted octanol–water partition coefficient (Wildman–Crippen LogP) is -0.545. The maximum absolute atomic E-state index is 3.73. The molecule has 0 aliphatic heterocycles. The zero-order valence-electron chi connectivity index (χ0n) is 8.12. The van der Waals surface area contributed by atoms with Crippen molar-refractivity contribution in [1.82, 2.24) is 40.8 Å². The third kappa shape index (κ3) is 3.25. The van der Waals surface area contributed by atoms with Crippen molar-refractivity contribution < 1.29 is 0 Å². The van der Waals surface area contributed by atoms with Crippen LogP contribution in [-0.4, -0.2) is 40.8 Å². The molecule has 2 heterocycles. The SMILES string of the molecule is CCc1nn[nH]n1.CCn1ncnn1. The maximum Gasteiger partial charge on any atom is 0.174 e. The number of hydrogen-bond donors (Lipinski definition) is 1. The number of aryl methyl sites for hydroxylation is 2. The first-order valence-corrected chi connectivity index (χ1v) is 4.29. The standard InChI is InChI=1S/2C3H6N4/c1-2-7-5-3-4-6-7;1-2-3-4-6-7-5-3/h3H,2H2,1H3;2H2,1H3,(H,4,5,6,7). The quantitative estimate of drug-likeness (QED) is 0.692. The molecule has 2 aromatic heterocycles. The average Bonchev–Trinajstić information content (AvgIpc) is 2.92.